The number of aromatic hydroxyl groups is 1. The predicted octanol–water partition coefficient (Wildman–Crippen LogP) is 2.14. The van der Waals surface area contributed by atoms with Gasteiger partial charge in [-0.3, -0.25) is 9.59 Å². The standard InChI is InChI=1S/C20H26N2O3/c23-17-3-1-13(2-4-17)5-6-21-18(24)19(25)22-20-10-14-7-15(11-20)9-16(8-14)12-20/h1-4,14-16,23H,5-12H2,(H,21,24)(H,22,25). The van der Waals surface area contributed by atoms with Gasteiger partial charge in [0.1, 0.15) is 5.75 Å². The quantitative estimate of drug-likeness (QED) is 0.734. The third-order valence-corrected chi connectivity index (χ3v) is 6.26. The van der Waals surface area contributed by atoms with Crippen LogP contribution >= 0.6 is 0 Å². The Labute approximate surface area is 148 Å². The minimum atomic E-state index is -0.533. The van der Waals surface area contributed by atoms with E-state index >= 15 is 0 Å². The fraction of sp³-hybridized carbons (Fsp3) is 0.600. The fourth-order valence-electron chi connectivity index (χ4n) is 5.62. The first-order valence-corrected chi connectivity index (χ1v) is 9.40. The highest BCUT2D eigenvalue weighted by molar-refractivity contribution is 6.35. The molecule has 0 saturated heterocycles. The summed E-state index contributed by atoms with van der Waals surface area (Å²) in [6, 6.07) is 6.88. The number of benzene rings is 1. The minimum absolute atomic E-state index is 0.125. The molecule has 1 aromatic carbocycles. The first kappa shape index (κ1) is 16.4. The summed E-state index contributed by atoms with van der Waals surface area (Å²) in [6.07, 6.45) is 7.72. The van der Waals surface area contributed by atoms with E-state index in [2.05, 4.69) is 10.6 Å². The van der Waals surface area contributed by atoms with Gasteiger partial charge in [-0.15, -0.1) is 0 Å². The Kier molecular flexibility index (Phi) is 4.18. The van der Waals surface area contributed by atoms with E-state index in [1.807, 2.05) is 12.1 Å². The molecule has 4 saturated carbocycles. The summed E-state index contributed by atoms with van der Waals surface area (Å²) in [4.78, 5) is 24.5. The molecule has 0 heterocycles. The Balaban J connectivity index is 1.28. The lowest BCUT2D eigenvalue weighted by Crippen LogP contribution is -2.61. The van der Waals surface area contributed by atoms with Crippen LogP contribution in [-0.4, -0.2) is 29.0 Å². The first-order valence-electron chi connectivity index (χ1n) is 9.40. The third kappa shape index (κ3) is 3.51. The van der Waals surface area contributed by atoms with Crippen LogP contribution in [0.25, 0.3) is 0 Å². The van der Waals surface area contributed by atoms with Crippen molar-refractivity contribution >= 4 is 11.8 Å². The van der Waals surface area contributed by atoms with Crippen LogP contribution in [0.15, 0.2) is 24.3 Å². The van der Waals surface area contributed by atoms with Crippen molar-refractivity contribution in [3.63, 3.8) is 0 Å². The van der Waals surface area contributed by atoms with E-state index in [9.17, 15) is 14.7 Å². The molecule has 0 radical (unpaired) electrons. The Morgan fingerprint density at radius 1 is 0.960 bits per heavy atom. The van der Waals surface area contributed by atoms with Crippen LogP contribution in [0.3, 0.4) is 0 Å². The molecule has 5 rings (SSSR count). The van der Waals surface area contributed by atoms with Crippen molar-refractivity contribution in [2.24, 2.45) is 17.8 Å². The Hall–Kier alpha value is -2.04. The van der Waals surface area contributed by atoms with E-state index in [1.165, 1.54) is 19.3 Å². The first-order chi connectivity index (χ1) is 12.0. The maximum Gasteiger partial charge on any atom is 0.309 e. The van der Waals surface area contributed by atoms with Gasteiger partial charge in [0, 0.05) is 12.1 Å². The zero-order chi connectivity index (χ0) is 17.4. The van der Waals surface area contributed by atoms with Crippen molar-refractivity contribution in [2.45, 2.75) is 50.5 Å². The maximum absolute atomic E-state index is 12.4. The van der Waals surface area contributed by atoms with Gasteiger partial charge in [-0.2, -0.15) is 0 Å². The smallest absolute Gasteiger partial charge is 0.309 e. The van der Waals surface area contributed by atoms with Gasteiger partial charge in [-0.05, 0) is 80.4 Å². The molecule has 1 aromatic rings. The van der Waals surface area contributed by atoms with Crippen molar-refractivity contribution in [3.8, 4) is 5.75 Å². The van der Waals surface area contributed by atoms with Crippen LogP contribution in [-0.2, 0) is 16.0 Å². The number of carbonyl (C=O) groups excluding carboxylic acids is 2. The highest BCUT2D eigenvalue weighted by atomic mass is 16.3. The van der Waals surface area contributed by atoms with Gasteiger partial charge in [0.25, 0.3) is 0 Å². The molecule has 5 heteroatoms. The molecule has 0 aromatic heterocycles. The molecule has 0 atom stereocenters. The SMILES string of the molecule is O=C(NCCc1ccc(O)cc1)C(=O)NC12CC3CC(CC(C3)C1)C2. The summed E-state index contributed by atoms with van der Waals surface area (Å²) in [5, 5.41) is 15.1. The molecular formula is C20H26N2O3. The molecular weight excluding hydrogens is 316 g/mol. The average Bonchev–Trinajstić information content (AvgIpc) is 2.55. The second-order valence-electron chi connectivity index (χ2n) is 8.32. The number of hydrogen-bond acceptors (Lipinski definition) is 3. The van der Waals surface area contributed by atoms with Crippen molar-refractivity contribution < 1.29 is 14.7 Å². The van der Waals surface area contributed by atoms with Crippen LogP contribution in [0.5, 0.6) is 5.75 Å². The minimum Gasteiger partial charge on any atom is -0.508 e. The van der Waals surface area contributed by atoms with Gasteiger partial charge < -0.3 is 15.7 Å². The molecule has 4 bridgehead atoms. The molecule has 4 aliphatic carbocycles. The Morgan fingerprint density at radius 3 is 2.08 bits per heavy atom. The zero-order valence-electron chi connectivity index (χ0n) is 14.5. The van der Waals surface area contributed by atoms with E-state index in [0.717, 1.165) is 42.6 Å². The number of nitrogens with one attached hydrogen (secondary N) is 2. The lowest BCUT2D eigenvalue weighted by atomic mass is 9.53. The van der Waals surface area contributed by atoms with Crippen LogP contribution in [0.4, 0.5) is 0 Å². The second-order valence-corrected chi connectivity index (χ2v) is 8.32. The van der Waals surface area contributed by atoms with Crippen LogP contribution in [0, 0.1) is 17.8 Å². The summed E-state index contributed by atoms with van der Waals surface area (Å²) in [6.45, 7) is 0.415. The second kappa shape index (κ2) is 6.36. The lowest BCUT2D eigenvalue weighted by molar-refractivity contribution is -0.142. The summed E-state index contributed by atoms with van der Waals surface area (Å²) in [5.41, 5.74) is 0.889. The molecule has 4 fully saturated rings. The topological polar surface area (TPSA) is 78.4 Å². The van der Waals surface area contributed by atoms with Gasteiger partial charge in [0.05, 0.1) is 0 Å². The van der Waals surface area contributed by atoms with Crippen molar-refractivity contribution in [3.05, 3.63) is 29.8 Å². The van der Waals surface area contributed by atoms with E-state index in [0.29, 0.717) is 13.0 Å². The van der Waals surface area contributed by atoms with E-state index in [4.69, 9.17) is 0 Å². The molecule has 5 nitrogen and oxygen atoms in total. The van der Waals surface area contributed by atoms with Crippen LogP contribution < -0.4 is 10.6 Å². The van der Waals surface area contributed by atoms with Gasteiger partial charge in [-0.1, -0.05) is 12.1 Å². The summed E-state index contributed by atoms with van der Waals surface area (Å²) in [7, 11) is 0. The van der Waals surface area contributed by atoms with Gasteiger partial charge in [-0.25, -0.2) is 0 Å². The molecule has 25 heavy (non-hydrogen) atoms. The van der Waals surface area contributed by atoms with Crippen LogP contribution in [0.1, 0.15) is 44.1 Å². The zero-order valence-corrected chi connectivity index (χ0v) is 14.5. The number of amides is 2. The highest BCUT2D eigenvalue weighted by Gasteiger charge is 2.51. The number of phenols is 1. The lowest BCUT2D eigenvalue weighted by Gasteiger charge is -2.56. The Bertz CT molecular complexity index is 633. The van der Waals surface area contributed by atoms with Crippen LogP contribution in [0.2, 0.25) is 0 Å². The normalized spacial score (nSPS) is 32.4. The fourth-order valence-corrected chi connectivity index (χ4v) is 5.62. The van der Waals surface area contributed by atoms with Crippen molar-refractivity contribution in [1.29, 1.82) is 0 Å². The molecule has 3 N–H and O–H groups in total. The highest BCUT2D eigenvalue weighted by Crippen LogP contribution is 2.55. The number of hydrogen-bond donors (Lipinski definition) is 3. The number of rotatable bonds is 4. The molecule has 0 unspecified atom stereocenters. The molecule has 4 aliphatic rings. The van der Waals surface area contributed by atoms with E-state index < -0.39 is 11.8 Å². The third-order valence-electron chi connectivity index (χ3n) is 6.26. The number of carbonyl (C=O) groups is 2. The van der Waals surface area contributed by atoms with Gasteiger partial charge in [0.15, 0.2) is 0 Å². The molecule has 0 spiro atoms. The number of phenolic OH excluding ortho intramolecular Hbond substituents is 1. The Morgan fingerprint density at radius 2 is 1.52 bits per heavy atom. The summed E-state index contributed by atoms with van der Waals surface area (Å²) < 4.78 is 0. The average molecular weight is 342 g/mol. The molecule has 2 amide bonds. The maximum atomic E-state index is 12.4. The summed E-state index contributed by atoms with van der Waals surface area (Å²) in [5.74, 6) is 1.43. The van der Waals surface area contributed by atoms with Crippen molar-refractivity contribution in [2.75, 3.05) is 6.54 Å². The van der Waals surface area contributed by atoms with E-state index in [-0.39, 0.29) is 11.3 Å². The molecule has 0 aliphatic heterocycles. The van der Waals surface area contributed by atoms with E-state index in [1.54, 1.807) is 12.1 Å². The summed E-state index contributed by atoms with van der Waals surface area (Å²) >= 11 is 0. The predicted molar refractivity (Wildman–Crippen MR) is 93.9 cm³/mol. The van der Waals surface area contributed by atoms with Crippen molar-refractivity contribution in [1.82, 2.24) is 10.6 Å². The largest absolute Gasteiger partial charge is 0.508 e. The van der Waals surface area contributed by atoms with Gasteiger partial charge in [0.2, 0.25) is 0 Å². The van der Waals surface area contributed by atoms with Gasteiger partial charge >= 0.3 is 11.8 Å². The molecule has 134 valence electrons. The monoisotopic (exact) mass is 342 g/mol.